The van der Waals surface area contributed by atoms with Gasteiger partial charge in [0.15, 0.2) is 0 Å². The van der Waals surface area contributed by atoms with Crippen molar-refractivity contribution in [2.45, 2.75) is 0 Å². The molecule has 0 heterocycles. The number of nitrogens with one attached hydrogen (secondary N) is 1. The van der Waals surface area contributed by atoms with E-state index in [9.17, 15) is 4.79 Å². The molecule has 106 valence electrons. The number of rotatable bonds is 3. The van der Waals surface area contributed by atoms with Crippen molar-refractivity contribution < 1.29 is 39.3 Å². The molecule has 0 saturated heterocycles. The van der Waals surface area contributed by atoms with Crippen LogP contribution in [-0.2, 0) is 0 Å². The van der Waals surface area contributed by atoms with E-state index in [4.69, 9.17) is 40.2 Å². The predicted molar refractivity (Wildman–Crippen MR) is 59.6 cm³/mol. The molecule has 0 aliphatic rings. The maximum atomic E-state index is 10.1. The highest BCUT2D eigenvalue weighted by molar-refractivity contribution is 7.38. The van der Waals surface area contributed by atoms with Gasteiger partial charge in [-0.25, -0.2) is 9.80 Å². The summed E-state index contributed by atoms with van der Waals surface area (Å²) in [5.74, 6) is 0. The highest BCUT2D eigenvalue weighted by Crippen LogP contribution is 2.12. The normalized spacial score (nSPS) is 9.35. The minimum atomic E-state index is -2.62. The first-order valence-electron chi connectivity index (χ1n) is 3.75. The lowest BCUT2D eigenvalue weighted by Crippen LogP contribution is -2.43. The van der Waals surface area contributed by atoms with Crippen LogP contribution in [0.5, 0.6) is 0 Å². The van der Waals surface area contributed by atoms with E-state index in [1.807, 2.05) is 0 Å². The number of nitrogens with two attached hydrogens (primary N) is 1. The quantitative estimate of drug-likeness (QED) is 0.191. The molecule has 0 aromatic carbocycles. The van der Waals surface area contributed by atoms with Gasteiger partial charge in [0.1, 0.15) is 0 Å². The summed E-state index contributed by atoms with van der Waals surface area (Å²) in [5.41, 5.74) is 7.01. The van der Waals surface area contributed by atoms with Gasteiger partial charge >= 0.3 is 23.2 Å². The van der Waals surface area contributed by atoms with Crippen molar-refractivity contribution >= 4 is 23.2 Å². The van der Waals surface area contributed by atoms with Gasteiger partial charge in [-0.05, 0) is 0 Å². The van der Waals surface area contributed by atoms with Gasteiger partial charge in [-0.15, -0.1) is 0 Å². The van der Waals surface area contributed by atoms with Gasteiger partial charge in [-0.3, -0.25) is 5.43 Å². The zero-order chi connectivity index (χ0) is 14.4. The molecule has 0 radical (unpaired) electrons. The first-order valence-corrected chi connectivity index (χ1v) is 6.15. The third kappa shape index (κ3) is 65.0. The number of hydrogen-bond acceptors (Lipinski definition) is 9. The van der Waals surface area contributed by atoms with Crippen molar-refractivity contribution in [2.24, 2.45) is 5.73 Å². The molecular formula is C4H17N3O8P2. The number of hydrazine groups is 1. The van der Waals surface area contributed by atoms with Gasteiger partial charge in [0.05, 0.1) is 6.61 Å². The summed E-state index contributed by atoms with van der Waals surface area (Å²) in [4.78, 5) is 53.5. The van der Waals surface area contributed by atoms with Gasteiger partial charge in [-0.1, -0.05) is 0 Å². The van der Waals surface area contributed by atoms with E-state index in [1.54, 1.807) is 7.05 Å². The SMILES string of the molecule is CN(CCO)NC(N)=O.OP(O)O.OP(O)O. The van der Waals surface area contributed by atoms with Crippen LogP contribution in [0.1, 0.15) is 0 Å². The van der Waals surface area contributed by atoms with Crippen molar-refractivity contribution in [2.75, 3.05) is 20.2 Å². The number of hydrogen-bond donors (Lipinski definition) is 9. The average molecular weight is 297 g/mol. The third-order valence-electron chi connectivity index (χ3n) is 0.736. The maximum Gasteiger partial charge on any atom is 0.326 e. The molecular weight excluding hydrogens is 280 g/mol. The van der Waals surface area contributed by atoms with Gasteiger partial charge in [0.2, 0.25) is 0 Å². The molecule has 0 aliphatic heterocycles. The predicted octanol–water partition coefficient (Wildman–Crippen LogP) is -3.13. The van der Waals surface area contributed by atoms with E-state index < -0.39 is 23.2 Å². The molecule has 0 bridgehead atoms. The number of carbonyl (C=O) groups excluding carboxylic acids is 1. The minimum absolute atomic E-state index is 0.00319. The van der Waals surface area contributed by atoms with Crippen molar-refractivity contribution in [3.8, 4) is 0 Å². The fourth-order valence-electron chi connectivity index (χ4n) is 0.394. The summed E-state index contributed by atoms with van der Waals surface area (Å²) in [6.45, 7) is 0.375. The standard InChI is InChI=1S/C4H11N3O2.2H3O3P/c1-7(2-3-8)6-4(5)9;2*1-4(2)3/h8H,2-3H2,1H3,(H3,5,6,9);2*1-3H. The Bertz CT molecular complexity index is 161. The highest BCUT2D eigenvalue weighted by Gasteiger charge is 1.96. The largest absolute Gasteiger partial charge is 0.395 e. The molecule has 0 aromatic rings. The van der Waals surface area contributed by atoms with E-state index >= 15 is 0 Å². The van der Waals surface area contributed by atoms with Crippen LogP contribution in [0.2, 0.25) is 0 Å². The minimum Gasteiger partial charge on any atom is -0.395 e. The number of aliphatic hydroxyl groups is 1. The summed E-state index contributed by atoms with van der Waals surface area (Å²) in [6.07, 6.45) is 0. The molecule has 0 spiro atoms. The van der Waals surface area contributed by atoms with E-state index in [-0.39, 0.29) is 6.61 Å². The molecule has 2 amide bonds. The van der Waals surface area contributed by atoms with E-state index in [0.717, 1.165) is 0 Å². The van der Waals surface area contributed by atoms with Gasteiger partial charge in [0, 0.05) is 13.6 Å². The summed E-state index contributed by atoms with van der Waals surface area (Å²) in [7, 11) is -3.63. The van der Waals surface area contributed by atoms with Crippen molar-refractivity contribution in [3.05, 3.63) is 0 Å². The van der Waals surface area contributed by atoms with Gasteiger partial charge < -0.3 is 40.2 Å². The lowest BCUT2D eigenvalue weighted by Gasteiger charge is -2.13. The third-order valence-corrected chi connectivity index (χ3v) is 0.736. The maximum absolute atomic E-state index is 10.1. The van der Waals surface area contributed by atoms with E-state index in [1.165, 1.54) is 5.01 Å². The number of urea groups is 1. The van der Waals surface area contributed by atoms with Crippen LogP contribution >= 0.6 is 17.2 Å². The lowest BCUT2D eigenvalue weighted by molar-refractivity contribution is 0.174. The Labute approximate surface area is 99.7 Å². The Balaban J connectivity index is -0.000000205. The van der Waals surface area contributed by atoms with Crippen LogP contribution in [0.3, 0.4) is 0 Å². The van der Waals surface area contributed by atoms with Crippen LogP contribution in [0.4, 0.5) is 4.79 Å². The van der Waals surface area contributed by atoms with E-state index in [0.29, 0.717) is 6.54 Å². The Hall–Kier alpha value is -0.190. The first kappa shape index (κ1) is 22.0. The second-order valence-electron chi connectivity index (χ2n) is 2.16. The summed E-state index contributed by atoms with van der Waals surface area (Å²) in [5, 5.41) is 9.72. The highest BCUT2D eigenvalue weighted by atomic mass is 31.2. The summed E-state index contributed by atoms with van der Waals surface area (Å²) >= 11 is 0. The molecule has 0 unspecified atom stereocenters. The summed E-state index contributed by atoms with van der Waals surface area (Å²) < 4.78 is 0. The molecule has 0 atom stereocenters. The van der Waals surface area contributed by atoms with Gasteiger partial charge in [0.25, 0.3) is 0 Å². The zero-order valence-corrected chi connectivity index (χ0v) is 10.7. The first-order chi connectivity index (χ1) is 7.63. The van der Waals surface area contributed by atoms with Gasteiger partial charge in [-0.2, -0.15) is 0 Å². The van der Waals surface area contributed by atoms with Crippen LogP contribution in [0, 0.1) is 0 Å². The Morgan fingerprint density at radius 3 is 1.65 bits per heavy atom. The van der Waals surface area contributed by atoms with Crippen LogP contribution < -0.4 is 11.2 Å². The van der Waals surface area contributed by atoms with Crippen molar-refractivity contribution in [1.82, 2.24) is 10.4 Å². The molecule has 10 N–H and O–H groups in total. The second-order valence-corrected chi connectivity index (χ2v) is 3.23. The van der Waals surface area contributed by atoms with Crippen LogP contribution in [0.15, 0.2) is 0 Å². The topological polar surface area (TPSA) is 200 Å². The fraction of sp³-hybridized carbons (Fsp3) is 0.750. The lowest BCUT2D eigenvalue weighted by atomic mass is 10.7. The van der Waals surface area contributed by atoms with Crippen molar-refractivity contribution in [3.63, 3.8) is 0 Å². The molecule has 0 fully saturated rings. The number of aliphatic hydroxyl groups excluding tert-OH is 1. The number of nitrogens with zero attached hydrogens (tertiary/aromatic N) is 1. The molecule has 0 aliphatic carbocycles. The number of amides is 2. The summed E-state index contributed by atoms with van der Waals surface area (Å²) in [6, 6.07) is -0.619. The van der Waals surface area contributed by atoms with Crippen LogP contribution in [0.25, 0.3) is 0 Å². The molecule has 11 nitrogen and oxygen atoms in total. The molecule has 0 aromatic heterocycles. The molecule has 13 heteroatoms. The molecule has 0 rings (SSSR count). The second kappa shape index (κ2) is 15.8. The number of primary amides is 1. The van der Waals surface area contributed by atoms with Crippen LogP contribution in [-0.4, -0.2) is 65.7 Å². The van der Waals surface area contributed by atoms with Crippen molar-refractivity contribution in [1.29, 1.82) is 0 Å². The Morgan fingerprint density at radius 1 is 1.18 bits per heavy atom. The van der Waals surface area contributed by atoms with E-state index in [2.05, 4.69) is 5.43 Å². The fourth-order valence-corrected chi connectivity index (χ4v) is 0.394. The molecule has 17 heavy (non-hydrogen) atoms. The Kier molecular flexibility index (Phi) is 20.5. The smallest absolute Gasteiger partial charge is 0.326 e. The average Bonchev–Trinajstić information content (AvgIpc) is 1.99. The number of carbonyl (C=O) groups is 1. The molecule has 0 saturated carbocycles. The monoisotopic (exact) mass is 297 g/mol. The zero-order valence-electron chi connectivity index (χ0n) is 8.87. The number of likely N-dealkylation sites (N-methyl/N-ethyl adjacent to an activating group) is 1. The Morgan fingerprint density at radius 2 is 1.47 bits per heavy atom.